The second kappa shape index (κ2) is 6.91. The number of Topliss-reactive ketones (excluding diaryl/α,β-unsaturated/α-hetero) is 1. The van der Waals surface area contributed by atoms with Crippen molar-refractivity contribution in [3.8, 4) is 0 Å². The Morgan fingerprint density at radius 3 is 2.43 bits per heavy atom. The molecule has 0 saturated carbocycles. The van der Waals surface area contributed by atoms with Gasteiger partial charge in [-0.1, -0.05) is 12.1 Å². The van der Waals surface area contributed by atoms with E-state index in [2.05, 4.69) is 5.32 Å². The highest BCUT2D eigenvalue weighted by molar-refractivity contribution is 6.05. The highest BCUT2D eigenvalue weighted by atomic mass is 16.5. The van der Waals surface area contributed by atoms with Gasteiger partial charge in [0.05, 0.1) is 12.0 Å². The molecule has 0 spiro atoms. The van der Waals surface area contributed by atoms with E-state index in [4.69, 9.17) is 9.15 Å². The van der Waals surface area contributed by atoms with Crippen LogP contribution in [0.3, 0.4) is 0 Å². The molecule has 120 valence electrons. The Labute approximate surface area is 133 Å². The van der Waals surface area contributed by atoms with Crippen LogP contribution in [0.4, 0.5) is 5.69 Å². The van der Waals surface area contributed by atoms with Crippen LogP contribution in [0.15, 0.2) is 41.0 Å². The number of benzene rings is 1. The smallest absolute Gasteiger partial charge is 0.342 e. The van der Waals surface area contributed by atoms with Crippen LogP contribution in [-0.4, -0.2) is 23.8 Å². The van der Waals surface area contributed by atoms with Gasteiger partial charge in [0.25, 0.3) is 5.91 Å². The minimum Gasteiger partial charge on any atom is -0.469 e. The summed E-state index contributed by atoms with van der Waals surface area (Å²) in [5, 5.41) is 2.60. The fourth-order valence-electron chi connectivity index (χ4n) is 2.01. The van der Waals surface area contributed by atoms with Gasteiger partial charge < -0.3 is 14.5 Å². The van der Waals surface area contributed by atoms with E-state index in [1.54, 1.807) is 31.2 Å². The van der Waals surface area contributed by atoms with E-state index in [1.165, 1.54) is 26.2 Å². The van der Waals surface area contributed by atoms with Crippen LogP contribution in [0.5, 0.6) is 0 Å². The molecule has 0 fully saturated rings. The van der Waals surface area contributed by atoms with Gasteiger partial charge in [-0.3, -0.25) is 9.59 Å². The summed E-state index contributed by atoms with van der Waals surface area (Å²) in [7, 11) is 0. The number of carbonyl (C=O) groups is 3. The third kappa shape index (κ3) is 3.85. The van der Waals surface area contributed by atoms with Crippen LogP contribution in [0.2, 0.25) is 0 Å². The summed E-state index contributed by atoms with van der Waals surface area (Å²) in [5.74, 6) is -0.906. The van der Waals surface area contributed by atoms with Crippen molar-refractivity contribution in [3.05, 3.63) is 53.5 Å². The zero-order valence-corrected chi connectivity index (χ0v) is 13.1. The zero-order valence-electron chi connectivity index (χ0n) is 13.1. The quantitative estimate of drug-likeness (QED) is 0.677. The number of aryl methyl sites for hydroxylation is 1. The van der Waals surface area contributed by atoms with Gasteiger partial charge in [0.1, 0.15) is 11.3 Å². The number of ether oxygens (including phenoxy) is 1. The number of ketones is 1. The first kappa shape index (κ1) is 16.5. The van der Waals surface area contributed by atoms with Crippen molar-refractivity contribution in [1.82, 2.24) is 0 Å². The van der Waals surface area contributed by atoms with E-state index in [9.17, 15) is 14.4 Å². The third-order valence-electron chi connectivity index (χ3n) is 3.30. The summed E-state index contributed by atoms with van der Waals surface area (Å²) in [6, 6.07) is 8.12. The van der Waals surface area contributed by atoms with E-state index in [0.717, 1.165) is 0 Å². The number of para-hydroxylation sites is 1. The predicted molar refractivity (Wildman–Crippen MR) is 83.4 cm³/mol. The van der Waals surface area contributed by atoms with Gasteiger partial charge in [-0.2, -0.15) is 0 Å². The Hall–Kier alpha value is -2.89. The van der Waals surface area contributed by atoms with E-state index in [-0.39, 0.29) is 11.3 Å². The van der Waals surface area contributed by atoms with Gasteiger partial charge in [0.2, 0.25) is 0 Å². The first-order valence-electron chi connectivity index (χ1n) is 7.06. The highest BCUT2D eigenvalue weighted by Gasteiger charge is 2.22. The summed E-state index contributed by atoms with van der Waals surface area (Å²) in [6.45, 7) is 4.50. The molecule has 0 radical (unpaired) electrons. The fraction of sp³-hybridized carbons (Fsp3) is 0.235. The van der Waals surface area contributed by atoms with Crippen molar-refractivity contribution < 1.29 is 23.5 Å². The first-order valence-corrected chi connectivity index (χ1v) is 7.06. The normalized spacial score (nSPS) is 11.6. The summed E-state index contributed by atoms with van der Waals surface area (Å²) in [4.78, 5) is 35.6. The van der Waals surface area contributed by atoms with Gasteiger partial charge in [0.15, 0.2) is 11.9 Å². The second-order valence-corrected chi connectivity index (χ2v) is 5.03. The molecule has 6 heteroatoms. The maximum absolute atomic E-state index is 12.2. The zero-order chi connectivity index (χ0) is 17.0. The van der Waals surface area contributed by atoms with Gasteiger partial charge in [0, 0.05) is 5.56 Å². The number of hydrogen-bond acceptors (Lipinski definition) is 5. The molecule has 6 nitrogen and oxygen atoms in total. The minimum absolute atomic E-state index is 0.167. The Bertz CT molecular complexity index is 747. The average molecular weight is 315 g/mol. The summed E-state index contributed by atoms with van der Waals surface area (Å²) >= 11 is 0. The molecule has 1 heterocycles. The van der Waals surface area contributed by atoms with E-state index < -0.39 is 18.0 Å². The van der Waals surface area contributed by atoms with Crippen LogP contribution < -0.4 is 5.32 Å². The SMILES string of the molecule is CC(=O)c1ccccc1NC(=O)[C@@H](C)OC(=O)c1ccoc1C. The molecule has 1 amide bonds. The molecule has 0 bridgehead atoms. The predicted octanol–water partition coefficient (Wildman–Crippen LogP) is 2.97. The molecule has 23 heavy (non-hydrogen) atoms. The molecule has 0 aliphatic carbocycles. The van der Waals surface area contributed by atoms with Crippen molar-refractivity contribution >= 4 is 23.3 Å². The van der Waals surface area contributed by atoms with Crippen LogP contribution in [0.1, 0.15) is 40.3 Å². The Morgan fingerprint density at radius 1 is 1.13 bits per heavy atom. The van der Waals surface area contributed by atoms with E-state index in [1.807, 2.05) is 0 Å². The Morgan fingerprint density at radius 2 is 1.83 bits per heavy atom. The van der Waals surface area contributed by atoms with E-state index in [0.29, 0.717) is 17.0 Å². The molecule has 1 aromatic heterocycles. The van der Waals surface area contributed by atoms with Crippen molar-refractivity contribution in [2.24, 2.45) is 0 Å². The molecule has 0 aliphatic rings. The molecular formula is C17H17NO5. The first-order chi connectivity index (χ1) is 10.9. The summed E-state index contributed by atoms with van der Waals surface area (Å²) < 4.78 is 10.1. The number of anilines is 1. The molecule has 2 aromatic rings. The van der Waals surface area contributed by atoms with E-state index >= 15 is 0 Å². The topological polar surface area (TPSA) is 85.6 Å². The number of rotatable bonds is 5. The fourth-order valence-corrected chi connectivity index (χ4v) is 2.01. The molecule has 1 aromatic carbocycles. The van der Waals surface area contributed by atoms with Crippen LogP contribution >= 0.6 is 0 Å². The Kier molecular flexibility index (Phi) is 4.95. The number of furan rings is 1. The lowest BCUT2D eigenvalue weighted by Gasteiger charge is -2.14. The molecule has 1 atom stereocenters. The molecule has 0 unspecified atom stereocenters. The number of carbonyl (C=O) groups excluding carboxylic acids is 3. The number of esters is 1. The molecule has 0 saturated heterocycles. The van der Waals surface area contributed by atoms with Gasteiger partial charge in [-0.25, -0.2) is 4.79 Å². The standard InChI is InChI=1S/C17H17NO5/c1-10(19)13-6-4-5-7-15(13)18-16(20)12(3)23-17(21)14-8-9-22-11(14)2/h4-9,12H,1-3H3,(H,18,20)/t12-/m1/s1. The molecule has 0 aliphatic heterocycles. The van der Waals surface area contributed by atoms with Crippen molar-refractivity contribution in [2.75, 3.05) is 5.32 Å². The second-order valence-electron chi connectivity index (χ2n) is 5.03. The van der Waals surface area contributed by atoms with Crippen molar-refractivity contribution in [2.45, 2.75) is 26.9 Å². The number of hydrogen-bond donors (Lipinski definition) is 1. The lowest BCUT2D eigenvalue weighted by molar-refractivity contribution is -0.123. The summed E-state index contributed by atoms with van der Waals surface area (Å²) in [6.07, 6.45) is 0.358. The maximum Gasteiger partial charge on any atom is 0.342 e. The van der Waals surface area contributed by atoms with Crippen LogP contribution in [0, 0.1) is 6.92 Å². The Balaban J connectivity index is 2.05. The minimum atomic E-state index is -1.02. The highest BCUT2D eigenvalue weighted by Crippen LogP contribution is 2.17. The van der Waals surface area contributed by atoms with Crippen molar-refractivity contribution in [1.29, 1.82) is 0 Å². The van der Waals surface area contributed by atoms with Gasteiger partial charge >= 0.3 is 5.97 Å². The molecular weight excluding hydrogens is 298 g/mol. The summed E-state index contributed by atoms with van der Waals surface area (Å²) in [5.41, 5.74) is 1.05. The van der Waals surface area contributed by atoms with Crippen LogP contribution in [0.25, 0.3) is 0 Å². The number of nitrogens with one attached hydrogen (secondary N) is 1. The maximum atomic E-state index is 12.2. The van der Waals surface area contributed by atoms with Crippen LogP contribution in [-0.2, 0) is 9.53 Å². The number of amides is 1. The largest absolute Gasteiger partial charge is 0.469 e. The molecule has 1 N–H and O–H groups in total. The third-order valence-corrected chi connectivity index (χ3v) is 3.30. The van der Waals surface area contributed by atoms with Crippen molar-refractivity contribution in [3.63, 3.8) is 0 Å². The van der Waals surface area contributed by atoms with Gasteiger partial charge in [-0.05, 0) is 39.0 Å². The lowest BCUT2D eigenvalue weighted by atomic mass is 10.1. The van der Waals surface area contributed by atoms with Gasteiger partial charge in [-0.15, -0.1) is 0 Å². The lowest BCUT2D eigenvalue weighted by Crippen LogP contribution is -2.30. The average Bonchev–Trinajstić information content (AvgIpc) is 2.93. The monoisotopic (exact) mass is 315 g/mol. The molecule has 2 rings (SSSR count).